The van der Waals surface area contributed by atoms with Gasteiger partial charge in [0.2, 0.25) is 0 Å². The van der Waals surface area contributed by atoms with Gasteiger partial charge in [-0.05, 0) is 19.3 Å². The summed E-state index contributed by atoms with van der Waals surface area (Å²) in [5.74, 6) is 0.175. The molecular formula is C12H23NO3. The second kappa shape index (κ2) is 8.30. The largest absolute Gasteiger partial charge is 0.466 e. The summed E-state index contributed by atoms with van der Waals surface area (Å²) in [5.41, 5.74) is 0.577. The SMILES string of the molecule is COC(=O)C(C)=CCNCC(O)CC(C)C. The molecule has 4 nitrogen and oxygen atoms in total. The molecule has 0 rings (SSSR count). The van der Waals surface area contributed by atoms with Crippen LogP contribution in [-0.2, 0) is 9.53 Å². The van der Waals surface area contributed by atoms with Crippen molar-refractivity contribution in [1.82, 2.24) is 5.32 Å². The molecule has 1 atom stereocenters. The molecule has 0 saturated heterocycles. The van der Waals surface area contributed by atoms with Gasteiger partial charge in [0, 0.05) is 18.7 Å². The fourth-order valence-corrected chi connectivity index (χ4v) is 1.35. The van der Waals surface area contributed by atoms with Crippen LogP contribution < -0.4 is 5.32 Å². The molecule has 0 saturated carbocycles. The average molecular weight is 229 g/mol. The highest BCUT2D eigenvalue weighted by Gasteiger charge is 2.06. The number of carbonyl (C=O) groups excluding carboxylic acids is 1. The van der Waals surface area contributed by atoms with Gasteiger partial charge in [-0.1, -0.05) is 19.9 Å². The number of hydrogen-bond acceptors (Lipinski definition) is 4. The first-order valence-corrected chi connectivity index (χ1v) is 5.61. The maximum atomic E-state index is 11.0. The number of esters is 1. The van der Waals surface area contributed by atoms with Crippen LogP contribution >= 0.6 is 0 Å². The van der Waals surface area contributed by atoms with Gasteiger partial charge in [0.05, 0.1) is 13.2 Å². The first-order valence-electron chi connectivity index (χ1n) is 5.61. The van der Waals surface area contributed by atoms with Crippen molar-refractivity contribution in [3.63, 3.8) is 0 Å². The molecule has 1 unspecified atom stereocenters. The Balaban J connectivity index is 3.70. The lowest BCUT2D eigenvalue weighted by molar-refractivity contribution is -0.136. The highest BCUT2D eigenvalue weighted by molar-refractivity contribution is 5.87. The molecule has 0 aromatic carbocycles. The molecule has 0 bridgehead atoms. The minimum absolute atomic E-state index is 0.315. The summed E-state index contributed by atoms with van der Waals surface area (Å²) in [6.07, 6.45) is 2.22. The first kappa shape index (κ1) is 15.1. The van der Waals surface area contributed by atoms with E-state index in [9.17, 15) is 9.90 Å². The molecule has 0 aromatic heterocycles. The van der Waals surface area contributed by atoms with Gasteiger partial charge in [0.15, 0.2) is 0 Å². The number of aliphatic hydroxyl groups is 1. The van der Waals surface area contributed by atoms with Gasteiger partial charge >= 0.3 is 5.97 Å². The van der Waals surface area contributed by atoms with Gasteiger partial charge in [-0.15, -0.1) is 0 Å². The Kier molecular flexibility index (Phi) is 7.85. The van der Waals surface area contributed by atoms with E-state index >= 15 is 0 Å². The summed E-state index contributed by atoms with van der Waals surface area (Å²) in [6, 6.07) is 0. The minimum atomic E-state index is -0.327. The van der Waals surface area contributed by atoms with Crippen molar-refractivity contribution < 1.29 is 14.6 Å². The molecular weight excluding hydrogens is 206 g/mol. The fraction of sp³-hybridized carbons (Fsp3) is 0.750. The van der Waals surface area contributed by atoms with Crippen molar-refractivity contribution in [3.05, 3.63) is 11.6 Å². The van der Waals surface area contributed by atoms with E-state index in [1.165, 1.54) is 7.11 Å². The van der Waals surface area contributed by atoms with E-state index in [4.69, 9.17) is 0 Å². The third-order valence-corrected chi connectivity index (χ3v) is 2.18. The predicted octanol–water partition coefficient (Wildman–Crippen LogP) is 1.10. The second-order valence-corrected chi connectivity index (χ2v) is 4.32. The normalized spacial score (nSPS) is 14.0. The standard InChI is InChI=1S/C12H23NO3/c1-9(2)7-11(14)8-13-6-5-10(3)12(15)16-4/h5,9,11,13-14H,6-8H2,1-4H3. The van der Waals surface area contributed by atoms with Crippen molar-refractivity contribution in [2.45, 2.75) is 33.3 Å². The molecule has 0 aliphatic rings. The molecule has 0 fully saturated rings. The van der Waals surface area contributed by atoms with Crippen LogP contribution in [0.4, 0.5) is 0 Å². The fourth-order valence-electron chi connectivity index (χ4n) is 1.35. The van der Waals surface area contributed by atoms with Crippen LogP contribution in [-0.4, -0.2) is 37.4 Å². The topological polar surface area (TPSA) is 58.6 Å². The molecule has 4 heteroatoms. The first-order chi connectivity index (χ1) is 7.47. The zero-order valence-corrected chi connectivity index (χ0v) is 10.6. The molecule has 0 amide bonds. The maximum Gasteiger partial charge on any atom is 0.333 e. The van der Waals surface area contributed by atoms with Crippen molar-refractivity contribution in [2.75, 3.05) is 20.2 Å². The molecule has 0 spiro atoms. The summed E-state index contributed by atoms with van der Waals surface area (Å²) in [7, 11) is 1.36. The van der Waals surface area contributed by atoms with Gasteiger partial charge in [-0.3, -0.25) is 0 Å². The molecule has 0 heterocycles. The Morgan fingerprint density at radius 2 is 2.12 bits per heavy atom. The number of ether oxygens (including phenoxy) is 1. The Hall–Kier alpha value is -0.870. The third-order valence-electron chi connectivity index (χ3n) is 2.18. The lowest BCUT2D eigenvalue weighted by Gasteiger charge is -2.12. The number of rotatable bonds is 7. The second-order valence-electron chi connectivity index (χ2n) is 4.32. The minimum Gasteiger partial charge on any atom is -0.466 e. The van der Waals surface area contributed by atoms with E-state index in [0.717, 1.165) is 6.42 Å². The maximum absolute atomic E-state index is 11.0. The average Bonchev–Trinajstić information content (AvgIpc) is 2.21. The number of carbonyl (C=O) groups is 1. The van der Waals surface area contributed by atoms with E-state index in [1.54, 1.807) is 13.0 Å². The van der Waals surface area contributed by atoms with Gasteiger partial charge < -0.3 is 15.2 Å². The van der Waals surface area contributed by atoms with Crippen molar-refractivity contribution >= 4 is 5.97 Å². The van der Waals surface area contributed by atoms with Crippen molar-refractivity contribution in [2.24, 2.45) is 5.92 Å². The summed E-state index contributed by atoms with van der Waals surface area (Å²) >= 11 is 0. The number of aliphatic hydroxyl groups excluding tert-OH is 1. The molecule has 0 aromatic rings. The van der Waals surface area contributed by atoms with Crippen LogP contribution in [0, 0.1) is 5.92 Å². The summed E-state index contributed by atoms with van der Waals surface area (Å²) < 4.78 is 4.56. The third kappa shape index (κ3) is 7.43. The number of hydrogen-bond donors (Lipinski definition) is 2. The zero-order valence-electron chi connectivity index (χ0n) is 10.6. The molecule has 0 radical (unpaired) electrons. The van der Waals surface area contributed by atoms with E-state index in [2.05, 4.69) is 23.9 Å². The van der Waals surface area contributed by atoms with Crippen LogP contribution in [0.3, 0.4) is 0 Å². The van der Waals surface area contributed by atoms with Crippen LogP contribution in [0.5, 0.6) is 0 Å². The monoisotopic (exact) mass is 229 g/mol. The summed E-state index contributed by atoms with van der Waals surface area (Å²) in [4.78, 5) is 11.0. The van der Waals surface area contributed by atoms with Gasteiger partial charge in [0.25, 0.3) is 0 Å². The highest BCUT2D eigenvalue weighted by Crippen LogP contribution is 2.03. The zero-order chi connectivity index (χ0) is 12.6. The van der Waals surface area contributed by atoms with Crippen molar-refractivity contribution in [1.29, 1.82) is 0 Å². The van der Waals surface area contributed by atoms with Gasteiger partial charge in [-0.25, -0.2) is 4.79 Å². The van der Waals surface area contributed by atoms with Crippen LogP contribution in [0.2, 0.25) is 0 Å². The highest BCUT2D eigenvalue weighted by atomic mass is 16.5. The van der Waals surface area contributed by atoms with E-state index in [1.807, 2.05) is 0 Å². The van der Waals surface area contributed by atoms with Crippen LogP contribution in [0.15, 0.2) is 11.6 Å². The lowest BCUT2D eigenvalue weighted by Crippen LogP contribution is -2.28. The molecule has 2 N–H and O–H groups in total. The Bertz CT molecular complexity index is 236. The van der Waals surface area contributed by atoms with Crippen LogP contribution in [0.1, 0.15) is 27.2 Å². The lowest BCUT2D eigenvalue weighted by atomic mass is 10.1. The predicted molar refractivity (Wildman–Crippen MR) is 64.1 cm³/mol. The van der Waals surface area contributed by atoms with E-state index in [0.29, 0.717) is 24.6 Å². The van der Waals surface area contributed by atoms with Crippen LogP contribution in [0.25, 0.3) is 0 Å². The van der Waals surface area contributed by atoms with E-state index < -0.39 is 0 Å². The molecule has 0 aliphatic heterocycles. The Labute approximate surface area is 97.7 Å². The quantitative estimate of drug-likeness (QED) is 0.390. The summed E-state index contributed by atoms with van der Waals surface area (Å²) in [5, 5.41) is 12.6. The molecule has 0 aliphatic carbocycles. The van der Waals surface area contributed by atoms with Gasteiger partial charge in [0.1, 0.15) is 0 Å². The molecule has 94 valence electrons. The van der Waals surface area contributed by atoms with Crippen molar-refractivity contribution in [3.8, 4) is 0 Å². The summed E-state index contributed by atoms with van der Waals surface area (Å²) in [6.45, 7) is 6.96. The number of methoxy groups -OCH3 is 1. The molecule has 16 heavy (non-hydrogen) atoms. The van der Waals surface area contributed by atoms with E-state index in [-0.39, 0.29) is 12.1 Å². The number of nitrogens with one attached hydrogen (secondary N) is 1. The Morgan fingerprint density at radius 3 is 2.62 bits per heavy atom. The Morgan fingerprint density at radius 1 is 1.50 bits per heavy atom. The van der Waals surface area contributed by atoms with Gasteiger partial charge in [-0.2, -0.15) is 0 Å². The smallest absolute Gasteiger partial charge is 0.333 e.